The third kappa shape index (κ3) is 4.38. The zero-order chi connectivity index (χ0) is 21.1. The number of likely N-dealkylation sites (tertiary alicyclic amines) is 1. The Morgan fingerprint density at radius 3 is 2.57 bits per heavy atom. The smallest absolute Gasteiger partial charge is 0.243 e. The van der Waals surface area contributed by atoms with Gasteiger partial charge in [0.1, 0.15) is 6.04 Å². The summed E-state index contributed by atoms with van der Waals surface area (Å²) in [6, 6.07) is 13.6. The van der Waals surface area contributed by atoms with Gasteiger partial charge in [0, 0.05) is 31.8 Å². The van der Waals surface area contributed by atoms with E-state index in [0.717, 1.165) is 23.9 Å². The molecule has 0 aliphatic carbocycles. The van der Waals surface area contributed by atoms with Crippen LogP contribution in [0, 0.1) is 5.92 Å². The summed E-state index contributed by atoms with van der Waals surface area (Å²) < 4.78 is 27.7. The molecule has 2 fully saturated rings. The molecule has 30 heavy (non-hydrogen) atoms. The van der Waals surface area contributed by atoms with E-state index in [1.54, 1.807) is 17.0 Å². The molecule has 2 aliphatic heterocycles. The van der Waals surface area contributed by atoms with E-state index in [1.807, 2.05) is 30.3 Å². The maximum Gasteiger partial charge on any atom is 0.243 e. The van der Waals surface area contributed by atoms with Gasteiger partial charge in [-0.2, -0.15) is 4.31 Å². The van der Waals surface area contributed by atoms with E-state index in [-0.39, 0.29) is 11.8 Å². The van der Waals surface area contributed by atoms with Crippen LogP contribution in [0.1, 0.15) is 32.6 Å². The Labute approximate surface area is 179 Å². The van der Waals surface area contributed by atoms with Crippen molar-refractivity contribution in [1.82, 2.24) is 9.62 Å². The van der Waals surface area contributed by atoms with Crippen molar-refractivity contribution in [3.63, 3.8) is 0 Å². The molecule has 0 bridgehead atoms. The Balaban J connectivity index is 1.34. The first kappa shape index (κ1) is 21.3. The lowest BCUT2D eigenvalue weighted by atomic mass is 9.97. The summed E-state index contributed by atoms with van der Waals surface area (Å²) in [5, 5.41) is 5.08. The number of quaternary nitrogens is 1. The van der Waals surface area contributed by atoms with Gasteiger partial charge in [0.2, 0.25) is 15.9 Å². The Morgan fingerprint density at radius 2 is 1.83 bits per heavy atom. The zero-order valence-corrected chi connectivity index (χ0v) is 18.5. The summed E-state index contributed by atoms with van der Waals surface area (Å²) in [6.07, 6.45) is 3.56. The lowest BCUT2D eigenvalue weighted by Crippen LogP contribution is -3.14. The second-order valence-corrected chi connectivity index (χ2v) is 10.5. The molecular formula is C23H32N3O3S+. The number of piperidine rings is 1. The Morgan fingerprint density at radius 1 is 1.10 bits per heavy atom. The van der Waals surface area contributed by atoms with Crippen LogP contribution in [0.3, 0.4) is 0 Å². The molecule has 1 amide bonds. The van der Waals surface area contributed by atoms with Crippen molar-refractivity contribution in [2.75, 3.05) is 32.7 Å². The van der Waals surface area contributed by atoms with Crippen molar-refractivity contribution < 1.29 is 18.1 Å². The Kier molecular flexibility index (Phi) is 6.41. The fraction of sp³-hybridized carbons (Fsp3) is 0.522. The molecule has 4 rings (SSSR count). The van der Waals surface area contributed by atoms with Crippen molar-refractivity contribution in [3.8, 4) is 0 Å². The SMILES string of the molecule is CC[NH+]1CCC[C@@H]1CNC(=O)C1CCN(S(=O)(=O)c2ccc3ccccc3c2)CC1. The van der Waals surface area contributed by atoms with Crippen molar-refractivity contribution in [2.45, 2.75) is 43.5 Å². The first-order chi connectivity index (χ1) is 14.5. The highest BCUT2D eigenvalue weighted by Gasteiger charge is 2.33. The number of fused-ring (bicyclic) bond motifs is 1. The third-order valence-electron chi connectivity index (χ3n) is 6.79. The van der Waals surface area contributed by atoms with Crippen LogP contribution < -0.4 is 10.2 Å². The molecule has 1 unspecified atom stereocenters. The molecule has 2 atom stereocenters. The van der Waals surface area contributed by atoms with Crippen LogP contribution in [-0.2, 0) is 14.8 Å². The largest absolute Gasteiger partial charge is 0.350 e. The minimum atomic E-state index is -3.54. The average Bonchev–Trinajstić information content (AvgIpc) is 3.25. The first-order valence-electron chi connectivity index (χ1n) is 11.1. The van der Waals surface area contributed by atoms with Gasteiger partial charge in [0.05, 0.1) is 24.5 Å². The standard InChI is InChI=1S/C23H31N3O3S/c1-2-25-13-5-8-21(25)17-24-23(27)19-11-14-26(15-12-19)30(28,29)22-10-9-18-6-3-4-7-20(18)16-22/h3-4,6-7,9-10,16,19,21H,2,5,8,11-15,17H2,1H3,(H,24,27)/p+1/t21-/m1/s1. The number of hydrogen-bond acceptors (Lipinski definition) is 3. The number of sulfonamides is 1. The quantitative estimate of drug-likeness (QED) is 0.728. The minimum Gasteiger partial charge on any atom is -0.350 e. The van der Waals surface area contributed by atoms with Crippen LogP contribution in [-0.4, -0.2) is 57.4 Å². The summed E-state index contributed by atoms with van der Waals surface area (Å²) in [5.74, 6) is -0.0142. The van der Waals surface area contributed by atoms with Crippen molar-refractivity contribution in [2.24, 2.45) is 5.92 Å². The lowest BCUT2D eigenvalue weighted by Gasteiger charge is -2.31. The molecule has 2 aliphatic rings. The van der Waals surface area contributed by atoms with Crippen LogP contribution in [0.4, 0.5) is 0 Å². The van der Waals surface area contributed by atoms with E-state index in [9.17, 15) is 13.2 Å². The van der Waals surface area contributed by atoms with Gasteiger partial charge in [-0.25, -0.2) is 8.42 Å². The number of amides is 1. The molecule has 162 valence electrons. The summed E-state index contributed by atoms with van der Waals surface area (Å²) in [5.41, 5.74) is 0. The topological polar surface area (TPSA) is 70.9 Å². The lowest BCUT2D eigenvalue weighted by molar-refractivity contribution is -0.909. The molecule has 2 aromatic rings. The molecule has 6 nitrogen and oxygen atoms in total. The molecule has 0 saturated carbocycles. The highest BCUT2D eigenvalue weighted by Crippen LogP contribution is 2.26. The van der Waals surface area contributed by atoms with Crippen molar-refractivity contribution in [3.05, 3.63) is 42.5 Å². The molecule has 0 spiro atoms. The van der Waals surface area contributed by atoms with E-state index >= 15 is 0 Å². The van der Waals surface area contributed by atoms with Gasteiger partial charge in [-0.15, -0.1) is 0 Å². The van der Waals surface area contributed by atoms with Crippen LogP contribution in [0.25, 0.3) is 10.8 Å². The molecular weight excluding hydrogens is 398 g/mol. The number of carbonyl (C=O) groups is 1. The molecule has 2 aromatic carbocycles. The summed E-state index contributed by atoms with van der Waals surface area (Å²) in [6.45, 7) is 6.01. The second kappa shape index (κ2) is 9.04. The third-order valence-corrected chi connectivity index (χ3v) is 8.68. The minimum absolute atomic E-state index is 0.0834. The van der Waals surface area contributed by atoms with Crippen molar-refractivity contribution in [1.29, 1.82) is 0 Å². The van der Waals surface area contributed by atoms with E-state index in [2.05, 4.69) is 12.2 Å². The van der Waals surface area contributed by atoms with E-state index in [1.165, 1.54) is 23.7 Å². The number of benzene rings is 2. The molecule has 2 N–H and O–H groups in total. The molecule has 2 heterocycles. The van der Waals surface area contributed by atoms with E-state index in [4.69, 9.17) is 0 Å². The number of carbonyl (C=O) groups excluding carboxylic acids is 1. The van der Waals surface area contributed by atoms with Gasteiger partial charge < -0.3 is 10.2 Å². The Bertz CT molecular complexity index is 1000. The molecule has 0 aromatic heterocycles. The van der Waals surface area contributed by atoms with Gasteiger partial charge in [0.25, 0.3) is 0 Å². The van der Waals surface area contributed by atoms with Crippen LogP contribution >= 0.6 is 0 Å². The summed E-state index contributed by atoms with van der Waals surface area (Å²) >= 11 is 0. The predicted octanol–water partition coefficient (Wildman–Crippen LogP) is 1.42. The van der Waals surface area contributed by atoms with E-state index < -0.39 is 10.0 Å². The summed E-state index contributed by atoms with van der Waals surface area (Å²) in [7, 11) is -3.54. The first-order valence-corrected chi connectivity index (χ1v) is 12.5. The number of likely N-dealkylation sites (N-methyl/N-ethyl adjacent to an activating group) is 1. The molecule has 2 saturated heterocycles. The second-order valence-electron chi connectivity index (χ2n) is 8.53. The molecule has 0 radical (unpaired) electrons. The highest BCUT2D eigenvalue weighted by molar-refractivity contribution is 7.89. The molecule has 7 heteroatoms. The van der Waals surface area contributed by atoms with Gasteiger partial charge in [0.15, 0.2) is 0 Å². The maximum absolute atomic E-state index is 13.1. The normalized spacial score (nSPS) is 23.6. The maximum atomic E-state index is 13.1. The van der Waals surface area contributed by atoms with Crippen LogP contribution in [0.2, 0.25) is 0 Å². The van der Waals surface area contributed by atoms with Gasteiger partial charge in [-0.3, -0.25) is 4.79 Å². The van der Waals surface area contributed by atoms with Crippen molar-refractivity contribution >= 4 is 26.7 Å². The van der Waals surface area contributed by atoms with E-state index in [0.29, 0.717) is 36.9 Å². The van der Waals surface area contributed by atoms with Gasteiger partial charge in [-0.1, -0.05) is 30.3 Å². The van der Waals surface area contributed by atoms with Gasteiger partial charge >= 0.3 is 0 Å². The van der Waals surface area contributed by atoms with Crippen LogP contribution in [0.15, 0.2) is 47.4 Å². The number of hydrogen-bond donors (Lipinski definition) is 2. The fourth-order valence-corrected chi connectivity index (χ4v) is 6.40. The summed E-state index contributed by atoms with van der Waals surface area (Å²) in [4.78, 5) is 14.5. The monoisotopic (exact) mass is 430 g/mol. The van der Waals surface area contributed by atoms with Gasteiger partial charge in [-0.05, 0) is 42.7 Å². The zero-order valence-electron chi connectivity index (χ0n) is 17.6. The van der Waals surface area contributed by atoms with Crippen LogP contribution in [0.5, 0.6) is 0 Å². The Hall–Kier alpha value is -1.96. The average molecular weight is 431 g/mol. The number of nitrogens with zero attached hydrogens (tertiary/aromatic N) is 1. The fourth-order valence-electron chi connectivity index (χ4n) is 4.90. The number of nitrogens with one attached hydrogen (secondary N) is 2. The highest BCUT2D eigenvalue weighted by atomic mass is 32.2. The number of rotatable bonds is 6. The predicted molar refractivity (Wildman–Crippen MR) is 118 cm³/mol.